The molecule has 0 aliphatic rings. The molecule has 0 spiro atoms. The van der Waals surface area contributed by atoms with Gasteiger partial charge >= 0.3 is 11.9 Å². The molecule has 0 unspecified atom stereocenters. The molecule has 0 aliphatic heterocycles. The molecule has 9 heteroatoms. The number of phenolic OH excluding ortho intramolecular Hbond substituents is 2. The third-order valence-electron chi connectivity index (χ3n) is 6.89. The van der Waals surface area contributed by atoms with Crippen molar-refractivity contribution in [3.8, 4) is 34.3 Å². The number of ketones is 1. The zero-order valence-electron chi connectivity index (χ0n) is 24.6. The lowest BCUT2D eigenvalue weighted by molar-refractivity contribution is -0.135. The maximum absolute atomic E-state index is 14.1. The lowest BCUT2D eigenvalue weighted by atomic mass is 9.99. The predicted molar refractivity (Wildman–Crippen MR) is 159 cm³/mol. The van der Waals surface area contributed by atoms with E-state index in [0.717, 1.165) is 44.6 Å². The van der Waals surface area contributed by atoms with Crippen molar-refractivity contribution >= 4 is 28.7 Å². The number of carbonyl (C=O) groups is 3. The van der Waals surface area contributed by atoms with Gasteiger partial charge in [0, 0.05) is 30.9 Å². The fourth-order valence-corrected chi connectivity index (χ4v) is 4.59. The Labute approximate surface area is 245 Å². The number of Topliss-reactive ketones (excluding diaryl/α,β-unsaturated/α-hetero) is 1. The highest BCUT2D eigenvalue weighted by Gasteiger charge is 2.29. The highest BCUT2D eigenvalue weighted by Crippen LogP contribution is 2.41. The maximum Gasteiger partial charge on any atom is 0.311 e. The summed E-state index contributed by atoms with van der Waals surface area (Å²) in [6.45, 7) is 5.97. The van der Waals surface area contributed by atoms with E-state index in [1.807, 2.05) is 20.8 Å². The molecule has 1 aromatic heterocycles. The Hall–Kier alpha value is -4.14. The lowest BCUT2D eigenvalue weighted by Crippen LogP contribution is -2.18. The Bertz CT molecular complexity index is 1450. The van der Waals surface area contributed by atoms with Gasteiger partial charge in [-0.2, -0.15) is 0 Å². The number of unbranched alkanes of at least 4 members (excludes halogenated alkanes) is 6. The molecule has 226 valence electrons. The SMILES string of the molecule is CCCCCC(=O)Oc1c(-c2ccc(O)cc2)oc2cc(O)c(C(=O)CCCCC)c(OC(=O)CCCCC)c2c1=O. The van der Waals surface area contributed by atoms with Crippen LogP contribution in [-0.2, 0) is 9.59 Å². The number of ether oxygens (including phenoxy) is 2. The van der Waals surface area contributed by atoms with Crippen molar-refractivity contribution in [2.24, 2.45) is 0 Å². The molecule has 1 heterocycles. The summed E-state index contributed by atoms with van der Waals surface area (Å²) in [4.78, 5) is 53.0. The summed E-state index contributed by atoms with van der Waals surface area (Å²) in [5.41, 5.74) is -0.956. The lowest BCUT2D eigenvalue weighted by Gasteiger charge is -2.16. The minimum Gasteiger partial charge on any atom is -0.508 e. The average molecular weight is 581 g/mol. The number of aromatic hydroxyl groups is 2. The van der Waals surface area contributed by atoms with Gasteiger partial charge in [-0.05, 0) is 43.5 Å². The van der Waals surface area contributed by atoms with Gasteiger partial charge < -0.3 is 24.1 Å². The van der Waals surface area contributed by atoms with Crippen molar-refractivity contribution in [3.63, 3.8) is 0 Å². The van der Waals surface area contributed by atoms with Gasteiger partial charge in [0.1, 0.15) is 28.0 Å². The van der Waals surface area contributed by atoms with Crippen LogP contribution >= 0.6 is 0 Å². The van der Waals surface area contributed by atoms with Crippen molar-refractivity contribution in [2.45, 2.75) is 97.8 Å². The first kappa shape index (κ1) is 32.4. The molecule has 0 aliphatic carbocycles. The third-order valence-corrected chi connectivity index (χ3v) is 6.89. The molecule has 2 aromatic carbocycles. The van der Waals surface area contributed by atoms with Gasteiger partial charge in [0.2, 0.25) is 11.2 Å². The standard InChI is InChI=1S/C33H40O9/c1-4-7-10-13-23(35)28-24(36)20-25-29(32(28)41-26(37)14-11-8-5-2)30(39)33(42-27(38)15-12-9-6-3)31(40-25)21-16-18-22(34)19-17-21/h16-20,34,36H,4-15H2,1-3H3. The zero-order valence-corrected chi connectivity index (χ0v) is 24.6. The fourth-order valence-electron chi connectivity index (χ4n) is 4.59. The van der Waals surface area contributed by atoms with Crippen molar-refractivity contribution in [1.82, 2.24) is 0 Å². The molecule has 0 saturated heterocycles. The van der Waals surface area contributed by atoms with Crippen LogP contribution in [0, 0.1) is 0 Å². The molecule has 0 atom stereocenters. The van der Waals surface area contributed by atoms with E-state index in [0.29, 0.717) is 24.8 Å². The summed E-state index contributed by atoms with van der Waals surface area (Å²) in [7, 11) is 0. The maximum atomic E-state index is 14.1. The van der Waals surface area contributed by atoms with Crippen LogP contribution in [0.2, 0.25) is 0 Å². The zero-order chi connectivity index (χ0) is 30.6. The van der Waals surface area contributed by atoms with Crippen molar-refractivity contribution in [2.75, 3.05) is 0 Å². The van der Waals surface area contributed by atoms with Crippen LogP contribution in [0.5, 0.6) is 23.0 Å². The number of hydrogen-bond acceptors (Lipinski definition) is 9. The molecule has 3 aromatic rings. The first-order valence-electron chi connectivity index (χ1n) is 14.8. The van der Waals surface area contributed by atoms with Crippen molar-refractivity contribution in [1.29, 1.82) is 0 Å². The van der Waals surface area contributed by atoms with Crippen LogP contribution in [0.3, 0.4) is 0 Å². The number of esters is 2. The minimum atomic E-state index is -0.831. The van der Waals surface area contributed by atoms with Gasteiger partial charge in [0.05, 0.1) is 0 Å². The number of hydrogen-bond donors (Lipinski definition) is 2. The molecular formula is C33H40O9. The second-order valence-corrected chi connectivity index (χ2v) is 10.4. The molecular weight excluding hydrogens is 540 g/mol. The molecule has 9 nitrogen and oxygen atoms in total. The van der Waals surface area contributed by atoms with E-state index in [4.69, 9.17) is 13.9 Å². The van der Waals surface area contributed by atoms with E-state index < -0.39 is 40.4 Å². The number of rotatable bonds is 16. The van der Waals surface area contributed by atoms with Crippen LogP contribution in [0.15, 0.2) is 39.5 Å². The Morgan fingerprint density at radius 2 is 1.26 bits per heavy atom. The number of fused-ring (bicyclic) bond motifs is 1. The Balaban J connectivity index is 2.27. The second-order valence-electron chi connectivity index (χ2n) is 10.4. The summed E-state index contributed by atoms with van der Waals surface area (Å²) in [5.74, 6) is -3.28. The van der Waals surface area contributed by atoms with E-state index >= 15 is 0 Å². The van der Waals surface area contributed by atoms with Gasteiger partial charge in [-0.25, -0.2) is 0 Å². The summed E-state index contributed by atoms with van der Waals surface area (Å²) in [6.07, 6.45) is 6.84. The quantitative estimate of drug-likeness (QED) is 0.0758. The fraction of sp³-hybridized carbons (Fsp3) is 0.455. The highest BCUT2D eigenvalue weighted by atomic mass is 16.5. The first-order valence-corrected chi connectivity index (χ1v) is 14.8. The Morgan fingerprint density at radius 1 is 0.738 bits per heavy atom. The predicted octanol–water partition coefficient (Wildman–Crippen LogP) is 7.61. The van der Waals surface area contributed by atoms with Crippen LogP contribution in [-0.4, -0.2) is 27.9 Å². The molecule has 0 bridgehead atoms. The molecule has 42 heavy (non-hydrogen) atoms. The third kappa shape index (κ3) is 8.21. The number of benzene rings is 2. The Morgan fingerprint density at radius 3 is 1.81 bits per heavy atom. The van der Waals surface area contributed by atoms with E-state index in [2.05, 4.69) is 0 Å². The smallest absolute Gasteiger partial charge is 0.311 e. The van der Waals surface area contributed by atoms with Crippen molar-refractivity contribution < 1.29 is 38.5 Å². The van der Waals surface area contributed by atoms with Gasteiger partial charge in [-0.3, -0.25) is 19.2 Å². The summed E-state index contributed by atoms with van der Waals surface area (Å²) < 4.78 is 17.3. The molecule has 0 radical (unpaired) electrons. The summed E-state index contributed by atoms with van der Waals surface area (Å²) in [5, 5.41) is 20.5. The molecule has 0 amide bonds. The highest BCUT2D eigenvalue weighted by molar-refractivity contribution is 6.08. The van der Waals surface area contributed by atoms with Crippen LogP contribution < -0.4 is 14.9 Å². The summed E-state index contributed by atoms with van der Waals surface area (Å²) >= 11 is 0. The van der Waals surface area contributed by atoms with Gasteiger partial charge in [-0.15, -0.1) is 0 Å². The normalized spacial score (nSPS) is 11.0. The monoisotopic (exact) mass is 580 g/mol. The van der Waals surface area contributed by atoms with Crippen LogP contribution in [0.4, 0.5) is 0 Å². The van der Waals surface area contributed by atoms with E-state index in [1.54, 1.807) is 0 Å². The first-order chi connectivity index (χ1) is 20.2. The molecule has 0 fully saturated rings. The molecule has 3 rings (SSSR count). The van der Waals surface area contributed by atoms with E-state index in [1.165, 1.54) is 24.3 Å². The summed E-state index contributed by atoms with van der Waals surface area (Å²) in [6, 6.07) is 6.85. The molecule has 0 saturated carbocycles. The average Bonchev–Trinajstić information content (AvgIpc) is 2.95. The van der Waals surface area contributed by atoms with Crippen LogP contribution in [0.1, 0.15) is 108 Å². The molecule has 2 N–H and O–H groups in total. The van der Waals surface area contributed by atoms with Gasteiger partial charge in [0.25, 0.3) is 0 Å². The largest absolute Gasteiger partial charge is 0.508 e. The minimum absolute atomic E-state index is 0.0267. The van der Waals surface area contributed by atoms with E-state index in [-0.39, 0.29) is 47.3 Å². The van der Waals surface area contributed by atoms with E-state index in [9.17, 15) is 29.4 Å². The van der Waals surface area contributed by atoms with Crippen LogP contribution in [0.25, 0.3) is 22.3 Å². The van der Waals surface area contributed by atoms with Gasteiger partial charge in [0.15, 0.2) is 17.3 Å². The Kier molecular flexibility index (Phi) is 12.1. The number of carbonyl (C=O) groups excluding carboxylic acids is 3. The number of phenols is 2. The van der Waals surface area contributed by atoms with Gasteiger partial charge in [-0.1, -0.05) is 59.3 Å². The second kappa shape index (κ2) is 15.7. The van der Waals surface area contributed by atoms with Crippen molar-refractivity contribution in [3.05, 3.63) is 46.1 Å². The topological polar surface area (TPSA) is 140 Å².